The topological polar surface area (TPSA) is 43.1 Å². The fourth-order valence-electron chi connectivity index (χ4n) is 0.806. The number of benzene rings is 1. The molecule has 1 aromatic rings. The van der Waals surface area contributed by atoms with Gasteiger partial charge in [0.05, 0.1) is 5.03 Å². The quantitative estimate of drug-likeness (QED) is 0.695. The van der Waals surface area contributed by atoms with Crippen LogP contribution in [0.3, 0.4) is 0 Å². The zero-order valence-corrected chi connectivity index (χ0v) is 7.08. The van der Waals surface area contributed by atoms with Gasteiger partial charge in [-0.2, -0.15) is 0 Å². The van der Waals surface area contributed by atoms with Crippen molar-refractivity contribution in [3.8, 4) is 0 Å². The Morgan fingerprint density at radius 1 is 1.33 bits per heavy atom. The van der Waals surface area contributed by atoms with Gasteiger partial charge in [-0.05, 0) is 5.56 Å². The first-order chi connectivity index (χ1) is 5.70. The summed E-state index contributed by atoms with van der Waals surface area (Å²) >= 11 is 5.76. The average molecular weight is 182 g/mol. The van der Waals surface area contributed by atoms with E-state index < -0.39 is 5.91 Å². The molecule has 1 amide bonds. The largest absolute Gasteiger partial charge is 0.366 e. The van der Waals surface area contributed by atoms with E-state index in [-0.39, 0.29) is 0 Å². The number of hydrogen-bond donors (Lipinski definition) is 1. The summed E-state index contributed by atoms with van der Waals surface area (Å²) in [5.74, 6) is -0.538. The van der Waals surface area contributed by atoms with Crippen molar-refractivity contribution in [2.24, 2.45) is 5.73 Å². The molecule has 0 saturated heterocycles. The minimum absolute atomic E-state index is 0.364. The van der Waals surface area contributed by atoms with Gasteiger partial charge in [-0.1, -0.05) is 41.9 Å². The lowest BCUT2D eigenvalue weighted by Gasteiger charge is -1.95. The Labute approximate surface area is 75.6 Å². The van der Waals surface area contributed by atoms with E-state index in [0.29, 0.717) is 5.03 Å². The molecule has 0 fully saturated rings. The first kappa shape index (κ1) is 8.81. The highest BCUT2D eigenvalue weighted by atomic mass is 35.5. The highest BCUT2D eigenvalue weighted by Gasteiger charge is 1.97. The molecular formula is C9H8ClNO. The van der Waals surface area contributed by atoms with Crippen LogP contribution in [0, 0.1) is 0 Å². The Morgan fingerprint density at radius 2 is 1.92 bits per heavy atom. The molecule has 1 aromatic carbocycles. The molecule has 0 saturated carbocycles. The van der Waals surface area contributed by atoms with Gasteiger partial charge in [0, 0.05) is 6.08 Å². The number of carbonyl (C=O) groups is 1. The van der Waals surface area contributed by atoms with Crippen molar-refractivity contribution in [3.63, 3.8) is 0 Å². The number of rotatable bonds is 2. The molecule has 2 nitrogen and oxygen atoms in total. The summed E-state index contributed by atoms with van der Waals surface area (Å²) in [6.45, 7) is 0. The van der Waals surface area contributed by atoms with Crippen molar-refractivity contribution in [1.29, 1.82) is 0 Å². The summed E-state index contributed by atoms with van der Waals surface area (Å²) in [4.78, 5) is 10.4. The van der Waals surface area contributed by atoms with Crippen molar-refractivity contribution < 1.29 is 4.79 Å². The lowest BCUT2D eigenvalue weighted by molar-refractivity contribution is -0.113. The maximum atomic E-state index is 10.4. The number of primary amides is 1. The molecule has 62 valence electrons. The number of halogens is 1. The van der Waals surface area contributed by atoms with Gasteiger partial charge in [-0.15, -0.1) is 0 Å². The van der Waals surface area contributed by atoms with Gasteiger partial charge < -0.3 is 5.73 Å². The standard InChI is InChI=1S/C9H8ClNO/c10-8(6-9(11)12)7-4-2-1-3-5-7/h1-6H,(H2,11,12)/b8-6-. The maximum Gasteiger partial charge on any atom is 0.242 e. The van der Waals surface area contributed by atoms with Crippen LogP contribution in [0.15, 0.2) is 36.4 Å². The van der Waals surface area contributed by atoms with Gasteiger partial charge in [0.2, 0.25) is 5.91 Å². The third-order valence-corrected chi connectivity index (χ3v) is 1.65. The minimum atomic E-state index is -0.538. The zero-order chi connectivity index (χ0) is 8.97. The molecule has 0 atom stereocenters. The van der Waals surface area contributed by atoms with Crippen LogP contribution >= 0.6 is 11.6 Å². The molecule has 0 bridgehead atoms. The molecule has 2 N–H and O–H groups in total. The summed E-state index contributed by atoms with van der Waals surface area (Å²) < 4.78 is 0. The van der Waals surface area contributed by atoms with Crippen molar-refractivity contribution in [3.05, 3.63) is 42.0 Å². The molecule has 1 rings (SSSR count). The molecular weight excluding hydrogens is 174 g/mol. The summed E-state index contributed by atoms with van der Waals surface area (Å²) in [6.07, 6.45) is 1.19. The summed E-state index contributed by atoms with van der Waals surface area (Å²) in [6, 6.07) is 9.17. The second kappa shape index (κ2) is 3.93. The van der Waals surface area contributed by atoms with Crippen LogP contribution in [-0.4, -0.2) is 5.91 Å². The summed E-state index contributed by atoms with van der Waals surface area (Å²) in [5.41, 5.74) is 5.72. The van der Waals surface area contributed by atoms with Gasteiger partial charge in [-0.25, -0.2) is 0 Å². The highest BCUT2D eigenvalue weighted by Crippen LogP contribution is 2.17. The van der Waals surface area contributed by atoms with Gasteiger partial charge in [-0.3, -0.25) is 4.79 Å². The van der Waals surface area contributed by atoms with Crippen LogP contribution in [-0.2, 0) is 4.79 Å². The van der Waals surface area contributed by atoms with E-state index in [0.717, 1.165) is 5.56 Å². The lowest BCUT2D eigenvalue weighted by Crippen LogP contribution is -2.05. The number of amides is 1. The van der Waals surface area contributed by atoms with Gasteiger partial charge in [0.15, 0.2) is 0 Å². The van der Waals surface area contributed by atoms with Gasteiger partial charge >= 0.3 is 0 Å². The maximum absolute atomic E-state index is 10.4. The van der Waals surface area contributed by atoms with Crippen molar-refractivity contribution in [2.75, 3.05) is 0 Å². The van der Waals surface area contributed by atoms with Crippen molar-refractivity contribution in [1.82, 2.24) is 0 Å². The molecule has 0 radical (unpaired) electrons. The van der Waals surface area contributed by atoms with Crippen LogP contribution in [0.25, 0.3) is 5.03 Å². The molecule has 3 heteroatoms. The fourth-order valence-corrected chi connectivity index (χ4v) is 1.04. The van der Waals surface area contributed by atoms with Crippen molar-refractivity contribution in [2.45, 2.75) is 0 Å². The second-order valence-corrected chi connectivity index (χ2v) is 2.67. The number of nitrogens with two attached hydrogens (primary N) is 1. The van der Waals surface area contributed by atoms with E-state index in [1.165, 1.54) is 6.08 Å². The van der Waals surface area contributed by atoms with Crippen LogP contribution in [0.5, 0.6) is 0 Å². The van der Waals surface area contributed by atoms with E-state index >= 15 is 0 Å². The molecule has 0 heterocycles. The Kier molecular flexibility index (Phi) is 2.88. The third kappa shape index (κ3) is 2.40. The van der Waals surface area contributed by atoms with Crippen LogP contribution in [0.4, 0.5) is 0 Å². The number of carbonyl (C=O) groups excluding carboxylic acids is 1. The van der Waals surface area contributed by atoms with Gasteiger partial charge in [0.25, 0.3) is 0 Å². The Morgan fingerprint density at radius 3 is 2.42 bits per heavy atom. The molecule has 0 aliphatic heterocycles. The van der Waals surface area contributed by atoms with E-state index in [1.54, 1.807) is 0 Å². The van der Waals surface area contributed by atoms with E-state index in [1.807, 2.05) is 30.3 Å². The molecule has 0 spiro atoms. The minimum Gasteiger partial charge on any atom is -0.366 e. The van der Waals surface area contributed by atoms with Crippen LogP contribution < -0.4 is 5.73 Å². The molecule has 0 aliphatic carbocycles. The Balaban J connectivity index is 2.93. The molecule has 0 aromatic heterocycles. The van der Waals surface area contributed by atoms with Crippen LogP contribution in [0.2, 0.25) is 0 Å². The monoisotopic (exact) mass is 181 g/mol. The van der Waals surface area contributed by atoms with Crippen molar-refractivity contribution >= 4 is 22.5 Å². The first-order valence-electron chi connectivity index (χ1n) is 3.42. The second-order valence-electron chi connectivity index (χ2n) is 2.26. The number of hydrogen-bond acceptors (Lipinski definition) is 1. The van der Waals surface area contributed by atoms with Crippen LogP contribution in [0.1, 0.15) is 5.56 Å². The Hall–Kier alpha value is -1.28. The highest BCUT2D eigenvalue weighted by molar-refractivity contribution is 6.50. The SMILES string of the molecule is NC(=O)/C=C(\Cl)c1ccccc1. The third-order valence-electron chi connectivity index (χ3n) is 1.32. The normalized spacial score (nSPS) is 11.2. The van der Waals surface area contributed by atoms with E-state index in [4.69, 9.17) is 17.3 Å². The predicted molar refractivity (Wildman–Crippen MR) is 49.5 cm³/mol. The molecule has 0 unspecified atom stereocenters. The van der Waals surface area contributed by atoms with E-state index in [9.17, 15) is 4.79 Å². The average Bonchev–Trinajstić information content (AvgIpc) is 2.05. The summed E-state index contributed by atoms with van der Waals surface area (Å²) in [7, 11) is 0. The van der Waals surface area contributed by atoms with E-state index in [2.05, 4.69) is 0 Å². The smallest absolute Gasteiger partial charge is 0.242 e. The predicted octanol–water partition coefficient (Wildman–Crippen LogP) is 1.75. The fraction of sp³-hybridized carbons (Fsp3) is 0. The van der Waals surface area contributed by atoms with Gasteiger partial charge in [0.1, 0.15) is 0 Å². The first-order valence-corrected chi connectivity index (χ1v) is 3.80. The zero-order valence-electron chi connectivity index (χ0n) is 6.33. The molecule has 12 heavy (non-hydrogen) atoms. The summed E-state index contributed by atoms with van der Waals surface area (Å²) in [5, 5.41) is 0.364. The Bertz CT molecular complexity index is 306. The lowest BCUT2D eigenvalue weighted by atomic mass is 10.2. The molecule has 0 aliphatic rings.